The van der Waals surface area contributed by atoms with Gasteiger partial charge in [0.15, 0.2) is 11.6 Å². The Morgan fingerprint density at radius 2 is 2.05 bits per heavy atom. The van der Waals surface area contributed by atoms with Gasteiger partial charge in [-0.2, -0.15) is 0 Å². The summed E-state index contributed by atoms with van der Waals surface area (Å²) in [5.41, 5.74) is 0. The van der Waals surface area contributed by atoms with Gasteiger partial charge in [-0.25, -0.2) is 4.39 Å². The lowest BCUT2D eigenvalue weighted by Gasteiger charge is -2.06. The summed E-state index contributed by atoms with van der Waals surface area (Å²) in [6, 6.07) is 8.37. The fourth-order valence-electron chi connectivity index (χ4n) is 1.73. The number of hydrogen-bond donors (Lipinski definition) is 1. The molecule has 0 atom stereocenters. The Kier molecular flexibility index (Phi) is 5.44. The lowest BCUT2D eigenvalue weighted by molar-refractivity contribution is 0.254. The lowest BCUT2D eigenvalue weighted by Crippen LogP contribution is -2.13. The molecule has 3 nitrogen and oxygen atoms in total. The van der Waals surface area contributed by atoms with Crippen molar-refractivity contribution in [3.63, 3.8) is 0 Å². The molecule has 2 rings (SSSR count). The van der Waals surface area contributed by atoms with Gasteiger partial charge in [0, 0.05) is 0 Å². The number of nitrogens with one attached hydrogen (secondary N) is 1. The maximum absolute atomic E-state index is 13.6. The second-order valence-electron chi connectivity index (χ2n) is 4.39. The van der Waals surface area contributed by atoms with E-state index in [4.69, 9.17) is 20.8 Å². The normalized spacial score (nSPS) is 10.8. The standard InChI is InChI=1S/C15H17ClFNO2/c1-2-8-18-9-11-6-7-12(20-11)10-19-14-5-3-4-13(16)15(14)17/h3-7,18H,2,8-10H2,1H3. The van der Waals surface area contributed by atoms with Crippen LogP contribution in [0.25, 0.3) is 0 Å². The third-order valence-corrected chi connectivity index (χ3v) is 3.02. The number of hydrogen-bond acceptors (Lipinski definition) is 3. The Labute approximate surface area is 122 Å². The van der Waals surface area contributed by atoms with Crippen LogP contribution in [-0.4, -0.2) is 6.54 Å². The van der Waals surface area contributed by atoms with Gasteiger partial charge in [-0.3, -0.25) is 0 Å². The summed E-state index contributed by atoms with van der Waals surface area (Å²) in [7, 11) is 0. The predicted octanol–water partition coefficient (Wildman–Crippen LogP) is 4.15. The average molecular weight is 298 g/mol. The molecule has 1 heterocycles. The van der Waals surface area contributed by atoms with E-state index in [9.17, 15) is 4.39 Å². The molecule has 108 valence electrons. The van der Waals surface area contributed by atoms with Gasteiger partial charge >= 0.3 is 0 Å². The first-order chi connectivity index (χ1) is 9.70. The Balaban J connectivity index is 1.89. The van der Waals surface area contributed by atoms with E-state index in [0.29, 0.717) is 12.3 Å². The van der Waals surface area contributed by atoms with Crippen molar-refractivity contribution in [3.05, 3.63) is 52.7 Å². The third kappa shape index (κ3) is 3.99. The molecule has 5 heteroatoms. The average Bonchev–Trinajstić information content (AvgIpc) is 2.89. The Hall–Kier alpha value is -1.52. The van der Waals surface area contributed by atoms with E-state index >= 15 is 0 Å². The number of benzene rings is 1. The SMILES string of the molecule is CCCNCc1ccc(COc2cccc(Cl)c2F)o1. The summed E-state index contributed by atoms with van der Waals surface area (Å²) in [6.07, 6.45) is 1.07. The summed E-state index contributed by atoms with van der Waals surface area (Å²) in [5, 5.41) is 3.29. The summed E-state index contributed by atoms with van der Waals surface area (Å²) < 4.78 is 24.6. The fraction of sp³-hybridized carbons (Fsp3) is 0.333. The van der Waals surface area contributed by atoms with Crippen LogP contribution in [0.2, 0.25) is 5.02 Å². The van der Waals surface area contributed by atoms with E-state index in [1.165, 1.54) is 12.1 Å². The molecule has 0 saturated heterocycles. The number of ether oxygens (including phenoxy) is 1. The number of halogens is 2. The minimum Gasteiger partial charge on any atom is -0.483 e. The van der Waals surface area contributed by atoms with Crippen molar-refractivity contribution in [3.8, 4) is 5.75 Å². The zero-order valence-corrected chi connectivity index (χ0v) is 12.0. The van der Waals surface area contributed by atoms with Crippen LogP contribution in [-0.2, 0) is 13.2 Å². The monoisotopic (exact) mass is 297 g/mol. The molecular formula is C15H17ClFNO2. The number of rotatable bonds is 7. The van der Waals surface area contributed by atoms with Crippen LogP contribution in [0, 0.1) is 5.82 Å². The van der Waals surface area contributed by atoms with Gasteiger partial charge in [0.2, 0.25) is 0 Å². The molecule has 1 aromatic heterocycles. The number of furan rings is 1. The highest BCUT2D eigenvalue weighted by Crippen LogP contribution is 2.25. The van der Waals surface area contributed by atoms with E-state index in [0.717, 1.165) is 18.7 Å². The lowest BCUT2D eigenvalue weighted by atomic mass is 10.3. The second-order valence-corrected chi connectivity index (χ2v) is 4.79. The highest BCUT2D eigenvalue weighted by atomic mass is 35.5. The smallest absolute Gasteiger partial charge is 0.183 e. The van der Waals surface area contributed by atoms with Crippen LogP contribution in [0.1, 0.15) is 24.9 Å². The molecule has 0 aliphatic carbocycles. The topological polar surface area (TPSA) is 34.4 Å². The minimum absolute atomic E-state index is 0.0476. The van der Waals surface area contributed by atoms with Gasteiger partial charge < -0.3 is 14.5 Å². The molecule has 1 N–H and O–H groups in total. The highest BCUT2D eigenvalue weighted by molar-refractivity contribution is 6.30. The van der Waals surface area contributed by atoms with E-state index in [-0.39, 0.29) is 17.4 Å². The molecule has 0 unspecified atom stereocenters. The Morgan fingerprint density at radius 3 is 2.85 bits per heavy atom. The van der Waals surface area contributed by atoms with Crippen molar-refractivity contribution < 1.29 is 13.5 Å². The van der Waals surface area contributed by atoms with E-state index in [2.05, 4.69) is 12.2 Å². The second kappa shape index (κ2) is 7.31. The van der Waals surface area contributed by atoms with Crippen LogP contribution in [0.4, 0.5) is 4.39 Å². The van der Waals surface area contributed by atoms with Crippen molar-refractivity contribution in [1.29, 1.82) is 0 Å². The summed E-state index contributed by atoms with van der Waals surface area (Å²) >= 11 is 5.68. The largest absolute Gasteiger partial charge is 0.483 e. The third-order valence-electron chi connectivity index (χ3n) is 2.73. The molecule has 0 fully saturated rings. The van der Waals surface area contributed by atoms with Crippen molar-refractivity contribution in [2.75, 3.05) is 6.54 Å². The van der Waals surface area contributed by atoms with Gasteiger partial charge in [-0.1, -0.05) is 24.6 Å². The molecular weight excluding hydrogens is 281 g/mol. The van der Waals surface area contributed by atoms with Crippen molar-refractivity contribution >= 4 is 11.6 Å². The molecule has 0 aliphatic heterocycles. The maximum Gasteiger partial charge on any atom is 0.183 e. The van der Waals surface area contributed by atoms with E-state index in [1.807, 2.05) is 12.1 Å². The van der Waals surface area contributed by atoms with Crippen LogP contribution < -0.4 is 10.1 Å². The van der Waals surface area contributed by atoms with Crippen LogP contribution >= 0.6 is 11.6 Å². The van der Waals surface area contributed by atoms with Crippen LogP contribution in [0.15, 0.2) is 34.7 Å². The maximum atomic E-state index is 13.6. The first-order valence-corrected chi connectivity index (χ1v) is 6.93. The Morgan fingerprint density at radius 1 is 1.25 bits per heavy atom. The van der Waals surface area contributed by atoms with E-state index in [1.54, 1.807) is 6.07 Å². The van der Waals surface area contributed by atoms with Gasteiger partial charge in [0.1, 0.15) is 18.1 Å². The zero-order chi connectivity index (χ0) is 14.4. The first kappa shape index (κ1) is 14.9. The predicted molar refractivity (Wildman–Crippen MR) is 76.4 cm³/mol. The van der Waals surface area contributed by atoms with Gasteiger partial charge in [0.25, 0.3) is 0 Å². The van der Waals surface area contributed by atoms with Crippen LogP contribution in [0.5, 0.6) is 5.75 Å². The van der Waals surface area contributed by atoms with Gasteiger partial charge in [0.05, 0.1) is 11.6 Å². The van der Waals surface area contributed by atoms with Crippen molar-refractivity contribution in [2.24, 2.45) is 0 Å². The van der Waals surface area contributed by atoms with E-state index < -0.39 is 5.82 Å². The first-order valence-electron chi connectivity index (χ1n) is 6.56. The molecule has 0 amide bonds. The van der Waals surface area contributed by atoms with Crippen molar-refractivity contribution in [2.45, 2.75) is 26.5 Å². The fourth-order valence-corrected chi connectivity index (χ4v) is 1.89. The minimum atomic E-state index is -0.550. The molecule has 0 aliphatic rings. The molecule has 1 aromatic carbocycles. The highest BCUT2D eigenvalue weighted by Gasteiger charge is 2.09. The molecule has 0 bridgehead atoms. The van der Waals surface area contributed by atoms with Crippen molar-refractivity contribution in [1.82, 2.24) is 5.32 Å². The Bertz CT molecular complexity index is 557. The molecule has 20 heavy (non-hydrogen) atoms. The zero-order valence-electron chi connectivity index (χ0n) is 11.3. The summed E-state index contributed by atoms with van der Waals surface area (Å²) in [5.74, 6) is 1.06. The summed E-state index contributed by atoms with van der Waals surface area (Å²) in [6.45, 7) is 3.90. The molecule has 0 saturated carbocycles. The summed E-state index contributed by atoms with van der Waals surface area (Å²) in [4.78, 5) is 0. The molecule has 0 spiro atoms. The molecule has 0 radical (unpaired) electrons. The van der Waals surface area contributed by atoms with Crippen LogP contribution in [0.3, 0.4) is 0 Å². The quantitative estimate of drug-likeness (QED) is 0.780. The van der Waals surface area contributed by atoms with Gasteiger partial charge in [-0.15, -0.1) is 0 Å². The molecule has 2 aromatic rings. The van der Waals surface area contributed by atoms with Gasteiger partial charge in [-0.05, 0) is 37.2 Å².